The molecule has 4 N–H and O–H groups in total. The van der Waals surface area contributed by atoms with Crippen LogP contribution in [-0.4, -0.2) is 17.9 Å². The Morgan fingerprint density at radius 3 is 3.00 bits per heavy atom. The fraction of sp³-hybridized carbons (Fsp3) is 0.538. The summed E-state index contributed by atoms with van der Waals surface area (Å²) in [5, 5.41) is 15.4. The molecule has 0 radical (unpaired) electrons. The fourth-order valence-electron chi connectivity index (χ4n) is 2.79. The van der Waals surface area contributed by atoms with Crippen molar-refractivity contribution >= 4 is 0 Å². The van der Waals surface area contributed by atoms with Gasteiger partial charge in [0.25, 0.3) is 0 Å². The Kier molecular flexibility index (Phi) is 5.16. The second-order valence-electron chi connectivity index (χ2n) is 4.90. The molecule has 3 rings (SSSR count). The summed E-state index contributed by atoms with van der Waals surface area (Å²) in [4.78, 5) is 0. The first-order valence-electron chi connectivity index (χ1n) is 6.37. The molecule has 5 nitrogen and oxygen atoms in total. The van der Waals surface area contributed by atoms with E-state index in [1.165, 1.54) is 5.70 Å². The largest absolute Gasteiger partial charge is 0.659 e. The van der Waals surface area contributed by atoms with E-state index in [0.29, 0.717) is 18.3 Å². The number of aliphatic hydroxyl groups is 1. The van der Waals surface area contributed by atoms with Crippen molar-refractivity contribution in [3.05, 3.63) is 40.7 Å². The predicted octanol–water partition coefficient (Wildman–Crippen LogP) is 1.82. The number of allylic oxidation sites excluding steroid dienone is 1. The molecule has 2 aliphatic rings. The van der Waals surface area contributed by atoms with Crippen LogP contribution in [0.25, 0.3) is 5.73 Å². The molecule has 0 bridgehead atoms. The fourth-order valence-corrected chi connectivity index (χ4v) is 2.79. The minimum atomic E-state index is -0.295. The SMILES string of the molecule is [NH-]C1NCNC2=C1CC(c1ccc(CO)o1)CC2.[U]. The zero-order valence-electron chi connectivity index (χ0n) is 10.7. The second kappa shape index (κ2) is 6.47. The first-order chi connectivity index (χ1) is 8.78. The van der Waals surface area contributed by atoms with E-state index in [9.17, 15) is 0 Å². The maximum atomic E-state index is 9.03. The van der Waals surface area contributed by atoms with Crippen LogP contribution in [0.3, 0.4) is 0 Å². The van der Waals surface area contributed by atoms with Gasteiger partial charge in [-0.15, -0.1) is 0 Å². The van der Waals surface area contributed by atoms with E-state index in [0.717, 1.165) is 30.6 Å². The minimum absolute atomic E-state index is 0. The van der Waals surface area contributed by atoms with Crippen molar-refractivity contribution < 1.29 is 40.6 Å². The molecule has 0 fully saturated rings. The van der Waals surface area contributed by atoms with Gasteiger partial charge in [0, 0.05) is 42.7 Å². The van der Waals surface area contributed by atoms with E-state index in [1.54, 1.807) is 0 Å². The Balaban J connectivity index is 0.00000133. The van der Waals surface area contributed by atoms with E-state index in [4.69, 9.17) is 15.3 Å². The van der Waals surface area contributed by atoms with Gasteiger partial charge in [0.2, 0.25) is 0 Å². The van der Waals surface area contributed by atoms with Crippen LogP contribution in [-0.2, 0) is 6.61 Å². The maximum Gasteiger partial charge on any atom is 0.129 e. The smallest absolute Gasteiger partial charge is 0.129 e. The third-order valence-corrected chi connectivity index (χ3v) is 3.79. The molecule has 1 aromatic heterocycles. The zero-order valence-corrected chi connectivity index (χ0v) is 14.9. The molecule has 0 saturated carbocycles. The topological polar surface area (TPSA) is 81.2 Å². The zero-order chi connectivity index (χ0) is 12.5. The molecular weight excluding hydrogens is 468 g/mol. The van der Waals surface area contributed by atoms with E-state index in [1.807, 2.05) is 12.1 Å². The normalized spacial score (nSPS) is 26.4. The number of hydrogen-bond acceptors (Lipinski definition) is 4. The van der Waals surface area contributed by atoms with Crippen molar-refractivity contribution in [3.8, 4) is 0 Å². The molecule has 6 heteroatoms. The summed E-state index contributed by atoms with van der Waals surface area (Å²) in [5.74, 6) is 1.88. The number of furan rings is 1. The van der Waals surface area contributed by atoms with Gasteiger partial charge >= 0.3 is 0 Å². The van der Waals surface area contributed by atoms with Gasteiger partial charge in [-0.25, -0.2) is 0 Å². The molecule has 102 valence electrons. The first-order valence-corrected chi connectivity index (χ1v) is 6.37. The van der Waals surface area contributed by atoms with Gasteiger partial charge in [0.15, 0.2) is 0 Å². The summed E-state index contributed by atoms with van der Waals surface area (Å²) in [6, 6.07) is 3.78. The van der Waals surface area contributed by atoms with Crippen molar-refractivity contribution in [1.29, 1.82) is 0 Å². The number of hydrogen-bond donors (Lipinski definition) is 3. The Morgan fingerprint density at radius 1 is 1.42 bits per heavy atom. The summed E-state index contributed by atoms with van der Waals surface area (Å²) in [6.45, 7) is 0.637. The predicted molar refractivity (Wildman–Crippen MR) is 67.5 cm³/mol. The standard InChI is InChI=1S/C13H18N3O2.U/c14-13-10-5-8(1-3-11(10)15-7-16-13)12-4-2-9(6-17)18-12;/h2,4,8,13-17H,1,3,5-7H2;/q-1;. The van der Waals surface area contributed by atoms with Gasteiger partial charge in [0.1, 0.15) is 18.1 Å². The van der Waals surface area contributed by atoms with E-state index in [2.05, 4.69) is 10.6 Å². The molecule has 1 aliphatic heterocycles. The van der Waals surface area contributed by atoms with Crippen LogP contribution in [0.15, 0.2) is 27.8 Å². The van der Waals surface area contributed by atoms with Crippen LogP contribution in [0.4, 0.5) is 0 Å². The Labute approximate surface area is 136 Å². The Hall–Kier alpha value is -0.248. The molecule has 19 heavy (non-hydrogen) atoms. The molecule has 0 aromatic carbocycles. The van der Waals surface area contributed by atoms with E-state index < -0.39 is 0 Å². The average molecular weight is 486 g/mol. The van der Waals surface area contributed by atoms with Crippen molar-refractivity contribution in [2.75, 3.05) is 6.67 Å². The van der Waals surface area contributed by atoms with Crippen LogP contribution in [0.2, 0.25) is 0 Å². The summed E-state index contributed by atoms with van der Waals surface area (Å²) >= 11 is 0. The van der Waals surface area contributed by atoms with E-state index >= 15 is 0 Å². The van der Waals surface area contributed by atoms with Gasteiger partial charge in [0.05, 0.1) is 6.67 Å². The summed E-state index contributed by atoms with van der Waals surface area (Å²) in [6.07, 6.45) is 2.58. The van der Waals surface area contributed by atoms with E-state index in [-0.39, 0.29) is 43.9 Å². The molecule has 0 amide bonds. The van der Waals surface area contributed by atoms with Crippen LogP contribution >= 0.6 is 0 Å². The molecule has 2 heterocycles. The van der Waals surface area contributed by atoms with Crippen molar-refractivity contribution in [2.45, 2.75) is 38.0 Å². The third kappa shape index (κ3) is 3.09. The van der Waals surface area contributed by atoms with Gasteiger partial charge in [-0.1, -0.05) is 11.7 Å². The number of nitrogens with one attached hydrogen (secondary N) is 3. The van der Waals surface area contributed by atoms with Gasteiger partial charge in [-0.3, -0.25) is 0 Å². The van der Waals surface area contributed by atoms with Crippen molar-refractivity contribution in [3.63, 3.8) is 0 Å². The molecule has 0 spiro atoms. The van der Waals surface area contributed by atoms with Crippen LogP contribution in [0.1, 0.15) is 36.7 Å². The van der Waals surface area contributed by atoms with Gasteiger partial charge in [-0.05, 0) is 31.4 Å². The Morgan fingerprint density at radius 2 is 2.26 bits per heavy atom. The third-order valence-electron chi connectivity index (χ3n) is 3.79. The summed E-state index contributed by atoms with van der Waals surface area (Å²) in [5.41, 5.74) is 10.4. The maximum absolute atomic E-state index is 9.03. The number of rotatable bonds is 2. The molecule has 2 unspecified atom stereocenters. The molecule has 0 saturated heterocycles. The summed E-state index contributed by atoms with van der Waals surface area (Å²) < 4.78 is 5.61. The van der Waals surface area contributed by atoms with Crippen LogP contribution in [0.5, 0.6) is 0 Å². The van der Waals surface area contributed by atoms with Crippen LogP contribution < -0.4 is 10.6 Å². The monoisotopic (exact) mass is 486 g/mol. The van der Waals surface area contributed by atoms with Crippen molar-refractivity contribution in [2.24, 2.45) is 0 Å². The molecule has 1 aromatic rings. The first kappa shape index (κ1) is 15.1. The molecular formula is C13H18N3O2U-. The van der Waals surface area contributed by atoms with Gasteiger partial charge in [-0.2, -0.15) is 0 Å². The van der Waals surface area contributed by atoms with Crippen LogP contribution in [0, 0.1) is 31.1 Å². The molecule has 1 aliphatic carbocycles. The van der Waals surface area contributed by atoms with Crippen molar-refractivity contribution in [1.82, 2.24) is 10.6 Å². The average Bonchev–Trinajstić information content (AvgIpc) is 2.88. The van der Waals surface area contributed by atoms with Gasteiger partial charge < -0.3 is 25.9 Å². The quantitative estimate of drug-likeness (QED) is 0.596. The summed E-state index contributed by atoms with van der Waals surface area (Å²) in [7, 11) is 0. The number of aliphatic hydroxyl groups excluding tert-OH is 1. The second-order valence-corrected chi connectivity index (χ2v) is 4.90. The molecule has 2 atom stereocenters. The minimum Gasteiger partial charge on any atom is -0.659 e. The Bertz CT molecular complexity index is 472.